The molecule has 3 aromatic rings. The quantitative estimate of drug-likeness (QED) is 0.449. The fraction of sp³-hybridized carbons (Fsp3) is 0.250. The molecule has 0 saturated heterocycles. The number of nitrogens with one attached hydrogen (secondary N) is 1. The van der Waals surface area contributed by atoms with Crippen LogP contribution in [0, 0.1) is 0 Å². The average molecular weight is 368 g/mol. The number of hydrogen-bond donors (Lipinski definition) is 2. The number of rotatable bonds is 9. The zero-order chi connectivity index (χ0) is 19.2. The van der Waals surface area contributed by atoms with E-state index in [1.807, 2.05) is 35.0 Å². The van der Waals surface area contributed by atoms with Crippen LogP contribution in [-0.2, 0) is 11.2 Å². The van der Waals surface area contributed by atoms with E-state index in [9.17, 15) is 14.0 Å². The Hall–Kier alpha value is -3.22. The van der Waals surface area contributed by atoms with Gasteiger partial charge in [0.15, 0.2) is 0 Å². The Morgan fingerprint density at radius 3 is 2.74 bits per heavy atom. The molecule has 3 rings (SSSR count). The zero-order valence-corrected chi connectivity index (χ0v) is 14.8. The van der Waals surface area contributed by atoms with E-state index in [1.54, 1.807) is 18.3 Å². The van der Waals surface area contributed by atoms with Crippen LogP contribution in [0.25, 0.3) is 16.7 Å². The fourth-order valence-corrected chi connectivity index (χ4v) is 2.97. The number of amides is 2. The van der Waals surface area contributed by atoms with Gasteiger partial charge in [-0.1, -0.05) is 0 Å². The van der Waals surface area contributed by atoms with Crippen LogP contribution in [0.1, 0.15) is 28.8 Å². The van der Waals surface area contributed by atoms with Crippen LogP contribution in [0.15, 0.2) is 48.8 Å². The lowest BCUT2D eigenvalue weighted by Gasteiger charge is -2.08. The molecule has 2 heterocycles. The van der Waals surface area contributed by atoms with Crippen molar-refractivity contribution in [2.45, 2.75) is 25.4 Å². The summed E-state index contributed by atoms with van der Waals surface area (Å²) in [6.45, 7) is 0.347. The molecule has 2 amide bonds. The van der Waals surface area contributed by atoms with E-state index in [0.29, 0.717) is 37.8 Å². The third-order valence-corrected chi connectivity index (χ3v) is 4.44. The number of carbonyl (C=O) groups excluding carboxylic acids is 2. The maximum Gasteiger partial charge on any atom is 0.248 e. The zero-order valence-electron chi connectivity index (χ0n) is 14.8. The van der Waals surface area contributed by atoms with Crippen LogP contribution in [0.4, 0.5) is 4.39 Å². The Morgan fingerprint density at radius 1 is 1.26 bits per heavy atom. The van der Waals surface area contributed by atoms with E-state index >= 15 is 0 Å². The fourth-order valence-electron chi connectivity index (χ4n) is 2.97. The van der Waals surface area contributed by atoms with Crippen molar-refractivity contribution in [1.82, 2.24) is 14.9 Å². The predicted molar refractivity (Wildman–Crippen MR) is 101 cm³/mol. The Morgan fingerprint density at radius 2 is 2.04 bits per heavy atom. The Labute approximate surface area is 156 Å². The number of aryl methyl sites for hydroxylation is 1. The molecule has 0 saturated carbocycles. The molecular formula is C20H21FN4O2. The van der Waals surface area contributed by atoms with Crippen molar-refractivity contribution in [1.29, 1.82) is 0 Å². The van der Waals surface area contributed by atoms with E-state index in [4.69, 9.17) is 5.73 Å². The van der Waals surface area contributed by atoms with Crippen molar-refractivity contribution in [2.24, 2.45) is 5.73 Å². The van der Waals surface area contributed by atoms with Crippen LogP contribution in [0.3, 0.4) is 0 Å². The largest absolute Gasteiger partial charge is 0.366 e. The number of alkyl halides is 1. The Kier molecular flexibility index (Phi) is 5.80. The lowest BCUT2D eigenvalue weighted by atomic mass is 10.1. The summed E-state index contributed by atoms with van der Waals surface area (Å²) in [5, 5.41) is 3.43. The number of carbonyl (C=O) groups is 2. The molecule has 6 nitrogen and oxygen atoms in total. The Balaban J connectivity index is 1.71. The van der Waals surface area contributed by atoms with Crippen molar-refractivity contribution in [2.75, 3.05) is 6.54 Å². The normalized spacial score (nSPS) is 12.0. The number of aromatic nitrogens is 2. The lowest BCUT2D eigenvalue weighted by molar-refractivity contribution is -0.109. The van der Waals surface area contributed by atoms with Gasteiger partial charge in [-0.15, -0.1) is 0 Å². The highest BCUT2D eigenvalue weighted by molar-refractivity contribution is 5.93. The van der Waals surface area contributed by atoms with Crippen molar-refractivity contribution < 1.29 is 14.0 Å². The van der Waals surface area contributed by atoms with Gasteiger partial charge in [-0.2, -0.15) is 0 Å². The molecule has 2 aromatic heterocycles. The molecule has 7 heteroatoms. The maximum absolute atomic E-state index is 13.8. The number of nitrogens with two attached hydrogens (primary N) is 1. The molecule has 0 aliphatic rings. The maximum atomic E-state index is 13.8. The summed E-state index contributed by atoms with van der Waals surface area (Å²) in [4.78, 5) is 25.9. The number of hydrogen-bond acceptors (Lipinski definition) is 3. The van der Waals surface area contributed by atoms with E-state index in [2.05, 4.69) is 10.3 Å². The molecular weight excluding hydrogens is 347 g/mol. The van der Waals surface area contributed by atoms with E-state index in [-0.39, 0.29) is 0 Å². The van der Waals surface area contributed by atoms with E-state index < -0.39 is 12.1 Å². The molecule has 0 radical (unpaired) electrons. The van der Waals surface area contributed by atoms with Gasteiger partial charge in [-0.3, -0.25) is 9.59 Å². The third-order valence-electron chi connectivity index (χ3n) is 4.44. The third kappa shape index (κ3) is 4.49. The molecule has 1 aromatic carbocycles. The van der Waals surface area contributed by atoms with Gasteiger partial charge < -0.3 is 15.6 Å². The number of fused-ring (bicyclic) bond motifs is 1. The van der Waals surface area contributed by atoms with Gasteiger partial charge in [0.1, 0.15) is 11.8 Å². The number of nitrogens with zero attached hydrogens (tertiary/aromatic N) is 2. The first-order valence-electron chi connectivity index (χ1n) is 8.76. The van der Waals surface area contributed by atoms with Crippen LogP contribution in [0.5, 0.6) is 0 Å². The minimum absolute atomic E-state index is 0.312. The van der Waals surface area contributed by atoms with Crippen LogP contribution < -0.4 is 11.1 Å². The second-order valence-corrected chi connectivity index (χ2v) is 6.35. The number of halogens is 1. The average Bonchev–Trinajstić information content (AvgIpc) is 3.10. The van der Waals surface area contributed by atoms with E-state index in [0.717, 1.165) is 22.3 Å². The number of primary amides is 1. The van der Waals surface area contributed by atoms with Crippen molar-refractivity contribution >= 4 is 23.4 Å². The highest BCUT2D eigenvalue weighted by Crippen LogP contribution is 2.21. The molecule has 3 N–H and O–H groups in total. The minimum Gasteiger partial charge on any atom is -0.366 e. The highest BCUT2D eigenvalue weighted by atomic mass is 19.1. The second-order valence-electron chi connectivity index (χ2n) is 6.35. The topological polar surface area (TPSA) is 90.0 Å². The predicted octanol–water partition coefficient (Wildman–Crippen LogP) is 2.53. The molecule has 0 fully saturated rings. The number of benzene rings is 1. The molecule has 1 unspecified atom stereocenters. The molecule has 1 atom stereocenters. The summed E-state index contributed by atoms with van der Waals surface area (Å²) < 4.78 is 15.8. The van der Waals surface area contributed by atoms with Gasteiger partial charge in [0, 0.05) is 35.6 Å². The van der Waals surface area contributed by atoms with Gasteiger partial charge in [0.2, 0.25) is 12.3 Å². The monoisotopic (exact) mass is 368 g/mol. The molecule has 27 heavy (non-hydrogen) atoms. The SMILES string of the molecule is NC(=O)c1ccc(-n2ccc3cc(CCC(F)CCNC=O)cnc32)cc1. The van der Waals surface area contributed by atoms with Gasteiger partial charge >= 0.3 is 0 Å². The van der Waals surface area contributed by atoms with Crippen molar-refractivity contribution in [3.8, 4) is 5.69 Å². The Bertz CT molecular complexity index is 937. The van der Waals surface area contributed by atoms with Gasteiger partial charge in [0.05, 0.1) is 0 Å². The summed E-state index contributed by atoms with van der Waals surface area (Å²) in [7, 11) is 0. The van der Waals surface area contributed by atoms with Crippen LogP contribution in [-0.4, -0.2) is 34.6 Å². The molecule has 0 spiro atoms. The highest BCUT2D eigenvalue weighted by Gasteiger charge is 2.10. The summed E-state index contributed by atoms with van der Waals surface area (Å²) in [5.74, 6) is -0.463. The summed E-state index contributed by atoms with van der Waals surface area (Å²) >= 11 is 0. The minimum atomic E-state index is -0.957. The smallest absolute Gasteiger partial charge is 0.248 e. The summed E-state index contributed by atoms with van der Waals surface area (Å²) in [5.41, 5.74) is 8.36. The van der Waals surface area contributed by atoms with Gasteiger partial charge in [-0.05, 0) is 61.2 Å². The van der Waals surface area contributed by atoms with Gasteiger partial charge in [-0.25, -0.2) is 9.37 Å². The first-order valence-corrected chi connectivity index (χ1v) is 8.76. The van der Waals surface area contributed by atoms with Crippen LogP contribution >= 0.6 is 0 Å². The van der Waals surface area contributed by atoms with E-state index in [1.165, 1.54) is 0 Å². The van der Waals surface area contributed by atoms with Crippen LogP contribution in [0.2, 0.25) is 0 Å². The second kappa shape index (κ2) is 8.44. The molecule has 0 aliphatic carbocycles. The summed E-state index contributed by atoms with van der Waals surface area (Å²) in [6, 6.07) is 10.9. The molecule has 140 valence electrons. The standard InChI is InChI=1S/C20H21FN4O2/c21-17(7-9-23-13-26)4-1-14-11-16-8-10-25(20(16)24-12-14)18-5-2-15(3-6-18)19(22)27/h2-3,5-6,8,10-13,17H,1,4,7,9H2,(H2,22,27)(H,23,26). The van der Waals surface area contributed by atoms with Gasteiger partial charge in [0.25, 0.3) is 0 Å². The number of pyridine rings is 1. The molecule has 0 bridgehead atoms. The molecule has 0 aliphatic heterocycles. The first kappa shape index (κ1) is 18.6. The summed E-state index contributed by atoms with van der Waals surface area (Å²) in [6.07, 6.45) is 4.58. The van der Waals surface area contributed by atoms with Crippen molar-refractivity contribution in [3.05, 3.63) is 59.9 Å². The lowest BCUT2D eigenvalue weighted by Crippen LogP contribution is -2.17. The van der Waals surface area contributed by atoms with Crippen molar-refractivity contribution in [3.63, 3.8) is 0 Å². The first-order chi connectivity index (χ1) is 13.1.